The Morgan fingerprint density at radius 3 is 2.55 bits per heavy atom. The first kappa shape index (κ1) is 12.9. The van der Waals surface area contributed by atoms with Gasteiger partial charge in [0.05, 0.1) is 6.61 Å². The van der Waals surface area contributed by atoms with Crippen molar-refractivity contribution in [2.75, 3.05) is 0 Å². The summed E-state index contributed by atoms with van der Waals surface area (Å²) in [6, 6.07) is 18.8. The number of aryl methyl sites for hydroxylation is 2. The lowest BCUT2D eigenvalue weighted by atomic mass is 10.1. The van der Waals surface area contributed by atoms with E-state index in [9.17, 15) is 5.11 Å². The zero-order chi connectivity index (χ0) is 13.8. The Kier molecular flexibility index (Phi) is 3.84. The predicted octanol–water partition coefficient (Wildman–Crippen LogP) is 3.77. The second kappa shape index (κ2) is 5.93. The first-order chi connectivity index (χ1) is 9.88. The summed E-state index contributed by atoms with van der Waals surface area (Å²) in [5, 5.41) is 10.5. The van der Waals surface area contributed by atoms with Gasteiger partial charge in [-0.15, -0.1) is 0 Å². The Morgan fingerprint density at radius 1 is 0.900 bits per heavy atom. The van der Waals surface area contributed by atoms with Gasteiger partial charge in [0.25, 0.3) is 0 Å². The van der Waals surface area contributed by atoms with Crippen LogP contribution in [0.4, 0.5) is 0 Å². The number of rotatable bonds is 5. The summed E-state index contributed by atoms with van der Waals surface area (Å²) in [4.78, 5) is 0. The van der Waals surface area contributed by atoms with Crippen LogP contribution in [-0.2, 0) is 19.6 Å². The van der Waals surface area contributed by atoms with Crippen LogP contribution in [0.1, 0.15) is 17.5 Å². The van der Waals surface area contributed by atoms with Crippen LogP contribution in [0.3, 0.4) is 0 Å². The van der Waals surface area contributed by atoms with E-state index < -0.39 is 0 Å². The number of aromatic nitrogens is 1. The number of aliphatic hydroxyl groups excluding tert-OH is 1. The Labute approximate surface area is 119 Å². The summed E-state index contributed by atoms with van der Waals surface area (Å²) in [5.74, 6) is 0. The Hall–Kier alpha value is -2.06. The van der Waals surface area contributed by atoms with Crippen LogP contribution in [-0.4, -0.2) is 9.67 Å². The van der Waals surface area contributed by atoms with Gasteiger partial charge in [0, 0.05) is 23.6 Å². The molecular weight excluding hydrogens is 246 g/mol. The molecule has 3 rings (SSSR count). The SMILES string of the molecule is OCc1cccc2c1ccn2CCCc1ccccc1. The summed E-state index contributed by atoms with van der Waals surface area (Å²) in [7, 11) is 0. The maximum absolute atomic E-state index is 9.36. The number of benzene rings is 2. The lowest BCUT2D eigenvalue weighted by Gasteiger charge is -2.06. The summed E-state index contributed by atoms with van der Waals surface area (Å²) in [6.45, 7) is 1.11. The van der Waals surface area contributed by atoms with Crippen molar-refractivity contribution >= 4 is 10.9 Å². The van der Waals surface area contributed by atoms with Crippen LogP contribution in [0.25, 0.3) is 10.9 Å². The Morgan fingerprint density at radius 2 is 1.75 bits per heavy atom. The topological polar surface area (TPSA) is 25.2 Å². The minimum absolute atomic E-state index is 0.103. The van der Waals surface area contributed by atoms with Gasteiger partial charge in [-0.1, -0.05) is 42.5 Å². The number of nitrogens with zero attached hydrogens (tertiary/aromatic N) is 1. The van der Waals surface area contributed by atoms with Crippen LogP contribution in [0.5, 0.6) is 0 Å². The highest BCUT2D eigenvalue weighted by Crippen LogP contribution is 2.21. The Balaban J connectivity index is 1.72. The van der Waals surface area contributed by atoms with Crippen molar-refractivity contribution in [3.05, 3.63) is 71.9 Å². The van der Waals surface area contributed by atoms with E-state index in [-0.39, 0.29) is 6.61 Å². The highest BCUT2D eigenvalue weighted by Gasteiger charge is 2.04. The molecule has 0 saturated heterocycles. The number of hydrogen-bond donors (Lipinski definition) is 1. The van der Waals surface area contributed by atoms with Crippen molar-refractivity contribution in [2.45, 2.75) is 26.0 Å². The summed E-state index contributed by atoms with van der Waals surface area (Å²) in [6.07, 6.45) is 4.34. The fourth-order valence-electron chi connectivity index (χ4n) is 2.72. The average Bonchev–Trinajstić information content (AvgIpc) is 2.92. The molecule has 1 heterocycles. The maximum atomic E-state index is 9.36. The molecule has 0 bridgehead atoms. The zero-order valence-corrected chi connectivity index (χ0v) is 11.5. The number of aliphatic hydroxyl groups is 1. The average molecular weight is 265 g/mol. The molecule has 0 radical (unpaired) electrons. The molecule has 1 aromatic heterocycles. The molecule has 0 saturated carbocycles. The molecule has 0 atom stereocenters. The van der Waals surface area contributed by atoms with Crippen LogP contribution < -0.4 is 0 Å². The standard InChI is InChI=1S/C18H19NO/c20-14-16-9-4-10-18-17(16)11-13-19(18)12-5-8-15-6-2-1-3-7-15/h1-4,6-7,9-11,13,20H,5,8,12,14H2. The smallest absolute Gasteiger partial charge is 0.0688 e. The van der Waals surface area contributed by atoms with E-state index in [1.807, 2.05) is 12.1 Å². The molecule has 0 amide bonds. The molecule has 0 aliphatic heterocycles. The normalized spacial score (nSPS) is 11.1. The van der Waals surface area contributed by atoms with Crippen molar-refractivity contribution in [2.24, 2.45) is 0 Å². The summed E-state index contributed by atoms with van der Waals surface area (Å²) < 4.78 is 2.28. The molecule has 0 aliphatic carbocycles. The van der Waals surface area contributed by atoms with Gasteiger partial charge in [0.1, 0.15) is 0 Å². The zero-order valence-electron chi connectivity index (χ0n) is 11.5. The summed E-state index contributed by atoms with van der Waals surface area (Å²) >= 11 is 0. The molecule has 20 heavy (non-hydrogen) atoms. The van der Waals surface area contributed by atoms with E-state index in [1.165, 1.54) is 11.1 Å². The van der Waals surface area contributed by atoms with E-state index >= 15 is 0 Å². The quantitative estimate of drug-likeness (QED) is 0.746. The molecule has 0 fully saturated rings. The third-order valence-corrected chi connectivity index (χ3v) is 3.78. The van der Waals surface area contributed by atoms with Crippen LogP contribution in [0, 0.1) is 0 Å². The maximum Gasteiger partial charge on any atom is 0.0688 e. The highest BCUT2D eigenvalue weighted by molar-refractivity contribution is 5.83. The van der Waals surface area contributed by atoms with Crippen molar-refractivity contribution in [3.8, 4) is 0 Å². The second-order valence-electron chi connectivity index (χ2n) is 5.11. The van der Waals surface area contributed by atoms with Gasteiger partial charge in [0.2, 0.25) is 0 Å². The molecule has 3 aromatic rings. The third kappa shape index (κ3) is 2.61. The summed E-state index contributed by atoms with van der Waals surface area (Å²) in [5.41, 5.74) is 3.61. The van der Waals surface area contributed by atoms with Gasteiger partial charge >= 0.3 is 0 Å². The lowest BCUT2D eigenvalue weighted by Crippen LogP contribution is -1.98. The second-order valence-corrected chi connectivity index (χ2v) is 5.11. The molecule has 2 heteroatoms. The van der Waals surface area contributed by atoms with E-state index in [1.54, 1.807) is 0 Å². The van der Waals surface area contributed by atoms with E-state index in [0.717, 1.165) is 30.3 Å². The molecular formula is C18H19NO. The van der Waals surface area contributed by atoms with Crippen LogP contribution in [0.2, 0.25) is 0 Å². The van der Waals surface area contributed by atoms with Gasteiger partial charge in [-0.2, -0.15) is 0 Å². The first-order valence-corrected chi connectivity index (χ1v) is 7.10. The monoisotopic (exact) mass is 265 g/mol. The van der Waals surface area contributed by atoms with Gasteiger partial charge in [-0.3, -0.25) is 0 Å². The van der Waals surface area contributed by atoms with Crippen molar-refractivity contribution in [1.29, 1.82) is 0 Å². The minimum Gasteiger partial charge on any atom is -0.392 e. The highest BCUT2D eigenvalue weighted by atomic mass is 16.3. The van der Waals surface area contributed by atoms with Crippen molar-refractivity contribution in [1.82, 2.24) is 4.57 Å². The molecule has 0 unspecified atom stereocenters. The molecule has 0 spiro atoms. The van der Waals surface area contributed by atoms with E-state index in [0.29, 0.717) is 0 Å². The van der Waals surface area contributed by atoms with Crippen molar-refractivity contribution < 1.29 is 5.11 Å². The molecule has 102 valence electrons. The van der Waals surface area contributed by atoms with Gasteiger partial charge in [0.15, 0.2) is 0 Å². The van der Waals surface area contributed by atoms with Gasteiger partial charge in [-0.25, -0.2) is 0 Å². The van der Waals surface area contributed by atoms with Crippen LogP contribution >= 0.6 is 0 Å². The molecule has 2 nitrogen and oxygen atoms in total. The number of hydrogen-bond acceptors (Lipinski definition) is 1. The fourth-order valence-corrected chi connectivity index (χ4v) is 2.72. The lowest BCUT2D eigenvalue weighted by molar-refractivity contribution is 0.283. The fraction of sp³-hybridized carbons (Fsp3) is 0.222. The first-order valence-electron chi connectivity index (χ1n) is 7.10. The Bertz CT molecular complexity index is 685. The van der Waals surface area contributed by atoms with Gasteiger partial charge in [-0.05, 0) is 36.1 Å². The largest absolute Gasteiger partial charge is 0.392 e. The minimum atomic E-state index is 0.103. The van der Waals surface area contributed by atoms with Crippen LogP contribution in [0.15, 0.2) is 60.8 Å². The van der Waals surface area contributed by atoms with Crippen molar-refractivity contribution in [3.63, 3.8) is 0 Å². The third-order valence-electron chi connectivity index (χ3n) is 3.78. The van der Waals surface area contributed by atoms with E-state index in [4.69, 9.17) is 0 Å². The number of fused-ring (bicyclic) bond motifs is 1. The molecule has 1 N–H and O–H groups in total. The van der Waals surface area contributed by atoms with Gasteiger partial charge < -0.3 is 9.67 Å². The van der Waals surface area contributed by atoms with E-state index in [2.05, 4.69) is 53.2 Å². The molecule has 2 aromatic carbocycles. The molecule has 0 aliphatic rings. The predicted molar refractivity (Wildman–Crippen MR) is 82.6 cm³/mol.